The average molecular weight is 334 g/mol. The summed E-state index contributed by atoms with van der Waals surface area (Å²) in [5.41, 5.74) is 0.665. The van der Waals surface area contributed by atoms with Crippen LogP contribution in [0.15, 0.2) is 12.4 Å². The first-order chi connectivity index (χ1) is 10.8. The largest absolute Gasteiger partial charge is 0.497 e. The highest BCUT2D eigenvalue weighted by molar-refractivity contribution is 6.64. The third-order valence-corrected chi connectivity index (χ3v) is 4.31. The summed E-state index contributed by atoms with van der Waals surface area (Å²) in [6, 6.07) is 0. The summed E-state index contributed by atoms with van der Waals surface area (Å²) >= 11 is 0. The number of anilines is 1. The van der Waals surface area contributed by atoms with Gasteiger partial charge >= 0.3 is 13.2 Å². The third-order valence-electron chi connectivity index (χ3n) is 4.31. The lowest BCUT2D eigenvalue weighted by Crippen LogP contribution is -2.41. The minimum atomic E-state index is -0.581. The van der Waals surface area contributed by atoms with Gasteiger partial charge in [0.25, 0.3) is 0 Å². The van der Waals surface area contributed by atoms with E-state index in [-0.39, 0.29) is 0 Å². The van der Waals surface area contributed by atoms with Gasteiger partial charge in [-0.1, -0.05) is 0 Å². The van der Waals surface area contributed by atoms with Gasteiger partial charge < -0.3 is 14.0 Å². The monoisotopic (exact) mass is 334 g/mol. The molecule has 1 amide bonds. The van der Waals surface area contributed by atoms with Gasteiger partial charge in [-0.3, -0.25) is 10.3 Å². The number of carbonyl (C=O) groups is 1. The van der Waals surface area contributed by atoms with Gasteiger partial charge in [0.2, 0.25) is 0 Å². The smallest absolute Gasteiger partial charge is 0.444 e. The zero-order valence-electron chi connectivity index (χ0n) is 15.8. The lowest BCUT2D eigenvalue weighted by molar-refractivity contribution is 0.00578. The summed E-state index contributed by atoms with van der Waals surface area (Å²) < 4.78 is 17.5. The number of nitrogens with one attached hydrogen (secondary N) is 1. The Kier molecular flexibility index (Phi) is 4.72. The van der Waals surface area contributed by atoms with Crippen LogP contribution in [-0.2, 0) is 14.0 Å². The van der Waals surface area contributed by atoms with E-state index >= 15 is 0 Å². The van der Waals surface area contributed by atoms with Crippen LogP contribution >= 0.6 is 0 Å². The van der Waals surface area contributed by atoms with E-state index < -0.39 is 30.0 Å². The number of pyridine rings is 1. The lowest BCUT2D eigenvalue weighted by Gasteiger charge is -2.32. The van der Waals surface area contributed by atoms with Crippen LogP contribution in [0, 0.1) is 6.92 Å². The molecule has 2 rings (SSSR count). The number of hydrogen-bond donors (Lipinski definition) is 1. The van der Waals surface area contributed by atoms with E-state index in [1.165, 1.54) is 0 Å². The number of ether oxygens (including phenoxy) is 1. The number of carbonyl (C=O) groups excluding carboxylic acids is 1. The Morgan fingerprint density at radius 3 is 2.21 bits per heavy atom. The number of aryl methyl sites for hydroxylation is 1. The Balaban J connectivity index is 2.30. The molecule has 132 valence electrons. The number of hydrogen-bond acceptors (Lipinski definition) is 5. The summed E-state index contributed by atoms with van der Waals surface area (Å²) in [5, 5.41) is 2.76. The lowest BCUT2D eigenvalue weighted by atomic mass is 9.75. The third kappa shape index (κ3) is 3.90. The standard InChI is InChI=1S/C17H27BN2O4/c1-11-9-19-10-12(20-14(21)22-15(2,3)4)13(11)18-23-16(5,6)17(7,8)24-18/h9-10H,1-8H3,(H,20,21). The van der Waals surface area contributed by atoms with E-state index in [1.54, 1.807) is 12.4 Å². The van der Waals surface area contributed by atoms with Crippen LogP contribution in [-0.4, -0.2) is 35.0 Å². The SMILES string of the molecule is Cc1cncc(NC(=O)OC(C)(C)C)c1B1OC(C)(C)C(C)(C)O1. The molecule has 1 aromatic heterocycles. The second kappa shape index (κ2) is 6.04. The molecule has 0 atom stereocenters. The maximum atomic E-state index is 12.1. The van der Waals surface area contributed by atoms with Crippen molar-refractivity contribution in [2.75, 3.05) is 5.32 Å². The summed E-state index contributed by atoms with van der Waals surface area (Å²) in [5.74, 6) is 0. The van der Waals surface area contributed by atoms with E-state index in [0.717, 1.165) is 11.0 Å². The van der Waals surface area contributed by atoms with Crippen molar-refractivity contribution in [3.63, 3.8) is 0 Å². The van der Waals surface area contributed by atoms with Crippen molar-refractivity contribution in [1.29, 1.82) is 0 Å². The molecule has 0 spiro atoms. The highest BCUT2D eigenvalue weighted by Gasteiger charge is 2.52. The van der Waals surface area contributed by atoms with Crippen LogP contribution < -0.4 is 10.8 Å². The van der Waals surface area contributed by atoms with E-state index in [4.69, 9.17) is 14.0 Å². The second-order valence-corrected chi connectivity index (χ2v) is 8.13. The molecule has 6 nitrogen and oxygen atoms in total. The molecule has 1 aromatic rings. The molecule has 0 saturated carbocycles. The summed E-state index contributed by atoms with van der Waals surface area (Å²) in [4.78, 5) is 16.3. The zero-order chi connectivity index (χ0) is 18.3. The Bertz CT molecular complexity index is 622. The van der Waals surface area contributed by atoms with E-state index in [9.17, 15) is 4.79 Å². The molecule has 0 aromatic carbocycles. The van der Waals surface area contributed by atoms with Gasteiger partial charge in [0.05, 0.1) is 23.1 Å². The van der Waals surface area contributed by atoms with E-state index in [1.807, 2.05) is 55.4 Å². The number of amides is 1. The molecule has 1 saturated heterocycles. The molecule has 0 radical (unpaired) electrons. The van der Waals surface area contributed by atoms with Gasteiger partial charge in [-0.2, -0.15) is 0 Å². The highest BCUT2D eigenvalue weighted by Crippen LogP contribution is 2.37. The zero-order valence-corrected chi connectivity index (χ0v) is 15.8. The molecular formula is C17H27BN2O4. The average Bonchev–Trinajstić information content (AvgIpc) is 2.55. The molecule has 2 heterocycles. The van der Waals surface area contributed by atoms with Crippen LogP contribution in [0.2, 0.25) is 0 Å². The quantitative estimate of drug-likeness (QED) is 0.842. The fourth-order valence-electron chi connectivity index (χ4n) is 2.36. The predicted molar refractivity (Wildman–Crippen MR) is 94.5 cm³/mol. The summed E-state index contributed by atoms with van der Waals surface area (Å²) in [6.45, 7) is 15.3. The molecule has 24 heavy (non-hydrogen) atoms. The van der Waals surface area contributed by atoms with Gasteiger partial charge in [0.1, 0.15) is 5.60 Å². The van der Waals surface area contributed by atoms with Crippen molar-refractivity contribution in [1.82, 2.24) is 4.98 Å². The van der Waals surface area contributed by atoms with E-state index in [0.29, 0.717) is 5.69 Å². The second-order valence-electron chi connectivity index (χ2n) is 8.13. The molecule has 1 N–H and O–H groups in total. The molecule has 1 fully saturated rings. The van der Waals surface area contributed by atoms with Crippen molar-refractivity contribution in [2.45, 2.75) is 72.2 Å². The summed E-state index contributed by atoms with van der Waals surface area (Å²) in [7, 11) is -0.581. The Morgan fingerprint density at radius 2 is 1.71 bits per heavy atom. The molecule has 7 heteroatoms. The van der Waals surface area contributed by atoms with Gasteiger partial charge in [-0.15, -0.1) is 0 Å². The summed E-state index contributed by atoms with van der Waals surface area (Å²) in [6.07, 6.45) is 2.77. The van der Waals surface area contributed by atoms with Crippen molar-refractivity contribution < 1.29 is 18.8 Å². The van der Waals surface area contributed by atoms with Crippen molar-refractivity contribution in [3.8, 4) is 0 Å². The first-order valence-corrected chi connectivity index (χ1v) is 8.12. The molecular weight excluding hydrogens is 307 g/mol. The van der Waals surface area contributed by atoms with Gasteiger partial charge in [0.15, 0.2) is 0 Å². The molecule has 0 aliphatic carbocycles. The predicted octanol–water partition coefficient (Wildman–Crippen LogP) is 3.04. The van der Waals surface area contributed by atoms with Crippen molar-refractivity contribution in [3.05, 3.63) is 18.0 Å². The minimum Gasteiger partial charge on any atom is -0.444 e. The number of rotatable bonds is 2. The first kappa shape index (κ1) is 18.7. The number of aromatic nitrogens is 1. The fraction of sp³-hybridized carbons (Fsp3) is 0.647. The molecule has 0 unspecified atom stereocenters. The number of nitrogens with zero attached hydrogens (tertiary/aromatic N) is 1. The molecule has 0 bridgehead atoms. The van der Waals surface area contributed by atoms with Gasteiger partial charge in [0, 0.05) is 11.7 Å². The Hall–Kier alpha value is -1.60. The van der Waals surface area contributed by atoms with Crippen LogP contribution in [0.4, 0.5) is 10.5 Å². The Labute approximate surface area is 144 Å². The molecule has 1 aliphatic rings. The Morgan fingerprint density at radius 1 is 1.17 bits per heavy atom. The van der Waals surface area contributed by atoms with E-state index in [2.05, 4.69) is 10.3 Å². The van der Waals surface area contributed by atoms with Crippen LogP contribution in [0.5, 0.6) is 0 Å². The molecule has 1 aliphatic heterocycles. The normalized spacial score (nSPS) is 19.2. The van der Waals surface area contributed by atoms with Crippen LogP contribution in [0.3, 0.4) is 0 Å². The highest BCUT2D eigenvalue weighted by atomic mass is 16.7. The minimum absolute atomic E-state index is 0.462. The van der Waals surface area contributed by atoms with Crippen molar-refractivity contribution >= 4 is 24.4 Å². The maximum absolute atomic E-state index is 12.1. The maximum Gasteiger partial charge on any atom is 0.497 e. The van der Waals surface area contributed by atoms with Crippen LogP contribution in [0.1, 0.15) is 54.0 Å². The van der Waals surface area contributed by atoms with Crippen molar-refractivity contribution in [2.24, 2.45) is 0 Å². The topological polar surface area (TPSA) is 69.7 Å². The first-order valence-electron chi connectivity index (χ1n) is 8.12. The van der Waals surface area contributed by atoms with Gasteiger partial charge in [-0.25, -0.2) is 4.79 Å². The van der Waals surface area contributed by atoms with Crippen LogP contribution in [0.25, 0.3) is 0 Å². The van der Waals surface area contributed by atoms with Gasteiger partial charge in [-0.05, 0) is 61.0 Å². The fourth-order valence-corrected chi connectivity index (χ4v) is 2.36.